The Morgan fingerprint density at radius 1 is 1.62 bits per heavy atom. The first-order valence-electron chi connectivity index (χ1n) is 3.86. The van der Waals surface area contributed by atoms with Gasteiger partial charge < -0.3 is 5.73 Å². The van der Waals surface area contributed by atoms with Gasteiger partial charge >= 0.3 is 0 Å². The minimum absolute atomic E-state index is 0.128. The van der Waals surface area contributed by atoms with Crippen molar-refractivity contribution in [3.05, 3.63) is 11.2 Å². The van der Waals surface area contributed by atoms with E-state index in [-0.39, 0.29) is 12.2 Å². The van der Waals surface area contributed by atoms with E-state index in [4.69, 9.17) is 17.3 Å². The molecule has 0 bridgehead atoms. The zero-order valence-corrected chi connectivity index (χ0v) is 7.64. The van der Waals surface area contributed by atoms with Gasteiger partial charge in [0.1, 0.15) is 5.02 Å². The normalized spacial score (nSPS) is 11.1. The van der Waals surface area contributed by atoms with E-state index in [0.717, 1.165) is 0 Å². The SMILES string of the molecule is Nc1nn(CCCC(F)F)cc1Cl. The van der Waals surface area contributed by atoms with Gasteiger partial charge in [-0.25, -0.2) is 8.78 Å². The van der Waals surface area contributed by atoms with Crippen LogP contribution in [0.5, 0.6) is 0 Å². The Morgan fingerprint density at radius 3 is 2.77 bits per heavy atom. The molecule has 0 fully saturated rings. The fraction of sp³-hybridized carbons (Fsp3) is 0.571. The summed E-state index contributed by atoms with van der Waals surface area (Å²) < 4.78 is 25.0. The third kappa shape index (κ3) is 3.18. The molecule has 0 saturated heterocycles. The van der Waals surface area contributed by atoms with Crippen LogP contribution in [0.25, 0.3) is 0 Å². The van der Waals surface area contributed by atoms with Crippen LogP contribution in [-0.4, -0.2) is 16.2 Å². The minimum Gasteiger partial charge on any atom is -0.381 e. The van der Waals surface area contributed by atoms with Gasteiger partial charge in [-0.15, -0.1) is 0 Å². The van der Waals surface area contributed by atoms with E-state index in [2.05, 4.69) is 5.10 Å². The zero-order chi connectivity index (χ0) is 9.84. The molecule has 0 atom stereocenters. The van der Waals surface area contributed by atoms with Crippen LogP contribution in [-0.2, 0) is 6.54 Å². The van der Waals surface area contributed by atoms with Gasteiger partial charge in [0.05, 0.1) is 0 Å². The number of aryl methyl sites for hydroxylation is 1. The molecule has 0 saturated carbocycles. The van der Waals surface area contributed by atoms with Crippen molar-refractivity contribution < 1.29 is 8.78 Å². The lowest BCUT2D eigenvalue weighted by atomic mass is 10.3. The number of halogens is 3. The molecular weight excluding hydrogens is 200 g/mol. The van der Waals surface area contributed by atoms with Gasteiger partial charge in [-0.05, 0) is 6.42 Å². The summed E-state index contributed by atoms with van der Waals surface area (Å²) in [5, 5.41) is 4.18. The molecule has 0 amide bonds. The average molecular weight is 210 g/mol. The van der Waals surface area contributed by atoms with Crippen LogP contribution in [0.1, 0.15) is 12.8 Å². The molecule has 1 aromatic rings. The van der Waals surface area contributed by atoms with Crippen LogP contribution in [0.4, 0.5) is 14.6 Å². The molecule has 0 aliphatic rings. The lowest BCUT2D eigenvalue weighted by Crippen LogP contribution is -2.01. The first kappa shape index (κ1) is 10.2. The fourth-order valence-corrected chi connectivity index (χ4v) is 1.08. The van der Waals surface area contributed by atoms with Crippen LogP contribution in [0.15, 0.2) is 6.20 Å². The Labute approximate surface area is 79.5 Å². The maximum Gasteiger partial charge on any atom is 0.238 e. The Balaban J connectivity index is 2.37. The van der Waals surface area contributed by atoms with Crippen molar-refractivity contribution in [1.82, 2.24) is 9.78 Å². The molecule has 1 heterocycles. The van der Waals surface area contributed by atoms with Crippen molar-refractivity contribution in [2.45, 2.75) is 25.8 Å². The molecule has 13 heavy (non-hydrogen) atoms. The largest absolute Gasteiger partial charge is 0.381 e. The highest BCUT2D eigenvalue weighted by Gasteiger charge is 2.04. The van der Waals surface area contributed by atoms with E-state index in [1.165, 1.54) is 10.9 Å². The van der Waals surface area contributed by atoms with Crippen molar-refractivity contribution in [3.63, 3.8) is 0 Å². The molecule has 3 nitrogen and oxygen atoms in total. The van der Waals surface area contributed by atoms with Gasteiger partial charge in [-0.3, -0.25) is 4.68 Å². The van der Waals surface area contributed by atoms with Crippen molar-refractivity contribution in [2.75, 3.05) is 5.73 Å². The molecule has 0 spiro atoms. The standard InChI is InChI=1S/C7H10ClF2N3/c8-5-4-13(12-7(5)11)3-1-2-6(9)10/h4,6H,1-3H2,(H2,11,12). The van der Waals surface area contributed by atoms with E-state index in [1.54, 1.807) is 0 Å². The van der Waals surface area contributed by atoms with E-state index in [9.17, 15) is 8.78 Å². The number of anilines is 1. The fourth-order valence-electron chi connectivity index (χ4n) is 0.934. The second-order valence-electron chi connectivity index (χ2n) is 2.66. The molecule has 2 N–H and O–H groups in total. The molecule has 1 rings (SSSR count). The van der Waals surface area contributed by atoms with Crippen LogP contribution in [0.2, 0.25) is 5.02 Å². The van der Waals surface area contributed by atoms with Crippen LogP contribution in [0, 0.1) is 0 Å². The van der Waals surface area contributed by atoms with Gasteiger partial charge in [-0.2, -0.15) is 5.10 Å². The van der Waals surface area contributed by atoms with Gasteiger partial charge in [0.2, 0.25) is 6.43 Å². The second-order valence-corrected chi connectivity index (χ2v) is 3.07. The third-order valence-electron chi connectivity index (χ3n) is 1.55. The number of nitrogen functional groups attached to an aromatic ring is 1. The summed E-state index contributed by atoms with van der Waals surface area (Å²) in [6.45, 7) is 0.418. The summed E-state index contributed by atoms with van der Waals surface area (Å²) >= 11 is 5.61. The first-order valence-corrected chi connectivity index (χ1v) is 4.24. The predicted octanol–water partition coefficient (Wildman–Crippen LogP) is 2.16. The number of nitrogens with two attached hydrogens (primary N) is 1. The maximum absolute atomic E-state index is 11.7. The summed E-state index contributed by atoms with van der Waals surface area (Å²) in [4.78, 5) is 0. The summed E-state index contributed by atoms with van der Waals surface area (Å²) in [5.74, 6) is 0.235. The van der Waals surface area contributed by atoms with Crippen molar-refractivity contribution in [3.8, 4) is 0 Å². The first-order chi connectivity index (χ1) is 6.09. The third-order valence-corrected chi connectivity index (χ3v) is 1.84. The number of nitrogens with zero attached hydrogens (tertiary/aromatic N) is 2. The molecule has 0 aliphatic heterocycles. The predicted molar refractivity (Wildman–Crippen MR) is 46.9 cm³/mol. The van der Waals surface area contributed by atoms with E-state index < -0.39 is 6.43 Å². The summed E-state index contributed by atoms with van der Waals surface area (Å²) in [6, 6.07) is 0. The van der Waals surface area contributed by atoms with Gasteiger partial charge in [0.25, 0.3) is 0 Å². The average Bonchev–Trinajstić information content (AvgIpc) is 2.30. The topological polar surface area (TPSA) is 43.8 Å². The lowest BCUT2D eigenvalue weighted by Gasteiger charge is -1.99. The Bertz CT molecular complexity index is 255. The summed E-state index contributed by atoms with van der Waals surface area (Å²) in [7, 11) is 0. The van der Waals surface area contributed by atoms with Gasteiger partial charge in [0, 0.05) is 19.2 Å². The van der Waals surface area contributed by atoms with Crippen molar-refractivity contribution in [2.24, 2.45) is 0 Å². The molecule has 0 radical (unpaired) electrons. The maximum atomic E-state index is 11.7. The Kier molecular flexibility index (Phi) is 3.48. The molecule has 0 aliphatic carbocycles. The second kappa shape index (κ2) is 4.41. The monoisotopic (exact) mass is 209 g/mol. The summed E-state index contributed by atoms with van der Waals surface area (Å²) in [6.07, 6.45) is -0.488. The summed E-state index contributed by atoms with van der Waals surface area (Å²) in [5.41, 5.74) is 5.36. The van der Waals surface area contributed by atoms with Gasteiger partial charge in [-0.1, -0.05) is 11.6 Å². The lowest BCUT2D eigenvalue weighted by molar-refractivity contribution is 0.132. The number of hydrogen-bond donors (Lipinski definition) is 1. The molecule has 74 valence electrons. The molecule has 6 heteroatoms. The highest BCUT2D eigenvalue weighted by atomic mass is 35.5. The van der Waals surface area contributed by atoms with Gasteiger partial charge in [0.15, 0.2) is 5.82 Å². The Morgan fingerprint density at radius 2 is 2.31 bits per heavy atom. The smallest absolute Gasteiger partial charge is 0.238 e. The van der Waals surface area contributed by atoms with Crippen LogP contribution < -0.4 is 5.73 Å². The molecule has 0 aromatic carbocycles. The number of aromatic nitrogens is 2. The molecule has 1 aromatic heterocycles. The minimum atomic E-state index is -2.26. The van der Waals surface area contributed by atoms with Crippen LogP contribution in [0.3, 0.4) is 0 Å². The Hall–Kier alpha value is -0.840. The molecule has 0 unspecified atom stereocenters. The van der Waals surface area contributed by atoms with E-state index >= 15 is 0 Å². The van der Waals surface area contributed by atoms with Crippen molar-refractivity contribution in [1.29, 1.82) is 0 Å². The highest BCUT2D eigenvalue weighted by molar-refractivity contribution is 6.32. The number of alkyl halides is 2. The molecular formula is C7H10ClF2N3. The van der Waals surface area contributed by atoms with Crippen LogP contribution >= 0.6 is 11.6 Å². The van der Waals surface area contributed by atoms with E-state index in [1.807, 2.05) is 0 Å². The number of rotatable bonds is 4. The highest BCUT2D eigenvalue weighted by Crippen LogP contribution is 2.15. The van der Waals surface area contributed by atoms with Crippen molar-refractivity contribution >= 4 is 17.4 Å². The number of hydrogen-bond acceptors (Lipinski definition) is 2. The van der Waals surface area contributed by atoms with E-state index in [0.29, 0.717) is 18.0 Å². The zero-order valence-electron chi connectivity index (χ0n) is 6.88. The quantitative estimate of drug-likeness (QED) is 0.826.